The van der Waals surface area contributed by atoms with Crippen molar-refractivity contribution in [3.63, 3.8) is 0 Å². The van der Waals surface area contributed by atoms with Gasteiger partial charge in [0.15, 0.2) is 0 Å². The van der Waals surface area contributed by atoms with E-state index in [2.05, 4.69) is 10.2 Å². The van der Waals surface area contributed by atoms with E-state index in [9.17, 15) is 9.59 Å². The van der Waals surface area contributed by atoms with Crippen molar-refractivity contribution in [3.05, 3.63) is 12.4 Å². The smallest absolute Gasteiger partial charge is 0.225 e. The molecule has 21 heavy (non-hydrogen) atoms. The predicted octanol–water partition coefficient (Wildman–Crippen LogP) is 0.310. The molecular formula is C14H21N5O2. The van der Waals surface area contributed by atoms with Gasteiger partial charge in [0.1, 0.15) is 0 Å². The molecule has 2 aliphatic rings. The van der Waals surface area contributed by atoms with Gasteiger partial charge in [0.25, 0.3) is 0 Å². The third-order valence-electron chi connectivity index (χ3n) is 4.53. The molecule has 3 heterocycles. The molecule has 114 valence electrons. The zero-order chi connectivity index (χ0) is 14.8. The van der Waals surface area contributed by atoms with E-state index in [1.54, 1.807) is 24.1 Å². The van der Waals surface area contributed by atoms with Crippen LogP contribution in [0.1, 0.15) is 32.2 Å². The lowest BCUT2D eigenvalue weighted by molar-refractivity contribution is -0.139. The number of carbonyl (C=O) groups excluding carboxylic acids is 2. The van der Waals surface area contributed by atoms with Crippen LogP contribution in [-0.4, -0.2) is 62.8 Å². The lowest BCUT2D eigenvalue weighted by atomic mass is 9.95. The second kappa shape index (κ2) is 5.83. The summed E-state index contributed by atoms with van der Waals surface area (Å²) in [7, 11) is 0. The van der Waals surface area contributed by atoms with E-state index < -0.39 is 0 Å². The highest BCUT2D eigenvalue weighted by Crippen LogP contribution is 2.25. The molecule has 3 rings (SSSR count). The van der Waals surface area contributed by atoms with E-state index in [0.717, 1.165) is 25.8 Å². The molecule has 2 fully saturated rings. The molecule has 1 aromatic heterocycles. The maximum atomic E-state index is 12.6. The summed E-state index contributed by atoms with van der Waals surface area (Å²) >= 11 is 0. The van der Waals surface area contributed by atoms with Crippen molar-refractivity contribution in [1.82, 2.24) is 24.8 Å². The van der Waals surface area contributed by atoms with E-state index in [4.69, 9.17) is 0 Å². The fourth-order valence-electron chi connectivity index (χ4n) is 3.24. The Morgan fingerprint density at radius 1 is 1.00 bits per heavy atom. The minimum Gasteiger partial charge on any atom is -0.343 e. The Kier molecular flexibility index (Phi) is 3.90. The summed E-state index contributed by atoms with van der Waals surface area (Å²) < 4.78 is 0. The molecular weight excluding hydrogens is 270 g/mol. The van der Waals surface area contributed by atoms with Crippen molar-refractivity contribution >= 4 is 11.8 Å². The molecule has 0 saturated carbocycles. The summed E-state index contributed by atoms with van der Waals surface area (Å²) in [6.45, 7) is 4.45. The van der Waals surface area contributed by atoms with Crippen LogP contribution in [0.2, 0.25) is 0 Å². The first-order chi connectivity index (χ1) is 10.1. The Morgan fingerprint density at radius 3 is 2.24 bits per heavy atom. The number of nitrogens with zero attached hydrogens (tertiary/aromatic N) is 5. The van der Waals surface area contributed by atoms with E-state index in [1.807, 2.05) is 9.80 Å². The van der Waals surface area contributed by atoms with Crippen molar-refractivity contribution in [2.45, 2.75) is 32.2 Å². The number of rotatable bonds is 2. The largest absolute Gasteiger partial charge is 0.343 e. The zero-order valence-corrected chi connectivity index (χ0v) is 12.3. The van der Waals surface area contributed by atoms with Crippen LogP contribution in [0.15, 0.2) is 12.4 Å². The first-order valence-electron chi connectivity index (χ1n) is 7.55. The van der Waals surface area contributed by atoms with Crippen LogP contribution in [0, 0.1) is 5.92 Å². The Morgan fingerprint density at radius 2 is 1.62 bits per heavy atom. The molecule has 0 aromatic carbocycles. The first-order valence-corrected chi connectivity index (χ1v) is 7.55. The lowest BCUT2D eigenvalue weighted by Gasteiger charge is -2.32. The molecule has 7 nitrogen and oxygen atoms in total. The number of carbonyl (C=O) groups is 2. The summed E-state index contributed by atoms with van der Waals surface area (Å²) in [5.74, 6) is 0.393. The van der Waals surface area contributed by atoms with Crippen molar-refractivity contribution in [1.29, 1.82) is 0 Å². The average molecular weight is 291 g/mol. The lowest BCUT2D eigenvalue weighted by Crippen LogP contribution is -2.43. The van der Waals surface area contributed by atoms with Crippen LogP contribution in [0.3, 0.4) is 0 Å². The van der Waals surface area contributed by atoms with Gasteiger partial charge in [-0.25, -0.2) is 0 Å². The standard InChI is InChI=1S/C14H21N5O2/c1-11(20)17-7-2-12(3-8-17)14(21)18-9-4-13(10-18)19-15-5-6-16-19/h5-6,12-13H,2-4,7-10H2,1H3. The quantitative estimate of drug-likeness (QED) is 0.786. The van der Waals surface area contributed by atoms with Crippen molar-refractivity contribution in [2.24, 2.45) is 5.92 Å². The monoisotopic (exact) mass is 291 g/mol. The fraction of sp³-hybridized carbons (Fsp3) is 0.714. The van der Waals surface area contributed by atoms with Gasteiger partial charge in [-0.3, -0.25) is 9.59 Å². The summed E-state index contributed by atoms with van der Waals surface area (Å²) in [6.07, 6.45) is 5.80. The van der Waals surface area contributed by atoms with E-state index >= 15 is 0 Å². The second-order valence-electron chi connectivity index (χ2n) is 5.86. The third-order valence-corrected chi connectivity index (χ3v) is 4.53. The Bertz CT molecular complexity index is 507. The highest BCUT2D eigenvalue weighted by molar-refractivity contribution is 5.80. The maximum Gasteiger partial charge on any atom is 0.225 e. The Labute approximate surface area is 123 Å². The molecule has 1 unspecified atom stereocenters. The van der Waals surface area contributed by atoms with Crippen LogP contribution in [-0.2, 0) is 9.59 Å². The van der Waals surface area contributed by atoms with Gasteiger partial charge >= 0.3 is 0 Å². The van der Waals surface area contributed by atoms with Gasteiger partial charge in [0.2, 0.25) is 11.8 Å². The summed E-state index contributed by atoms with van der Waals surface area (Å²) in [5, 5.41) is 8.31. The number of piperidine rings is 1. The minimum absolute atomic E-state index is 0.0601. The first kappa shape index (κ1) is 14.0. The number of hydrogen-bond acceptors (Lipinski definition) is 4. The molecule has 0 bridgehead atoms. The van der Waals surface area contributed by atoms with Gasteiger partial charge in [-0.1, -0.05) is 0 Å². The molecule has 0 spiro atoms. The maximum absolute atomic E-state index is 12.6. The van der Waals surface area contributed by atoms with E-state index in [-0.39, 0.29) is 23.8 Å². The molecule has 2 aliphatic heterocycles. The fourth-order valence-corrected chi connectivity index (χ4v) is 3.24. The molecule has 2 saturated heterocycles. The van der Waals surface area contributed by atoms with Crippen molar-refractivity contribution < 1.29 is 9.59 Å². The second-order valence-corrected chi connectivity index (χ2v) is 5.86. The van der Waals surface area contributed by atoms with E-state index in [1.165, 1.54) is 0 Å². The van der Waals surface area contributed by atoms with E-state index in [0.29, 0.717) is 19.6 Å². The summed E-state index contributed by atoms with van der Waals surface area (Å²) in [4.78, 5) is 29.3. The molecule has 1 aromatic rings. The van der Waals surface area contributed by atoms with Gasteiger partial charge in [-0.2, -0.15) is 15.0 Å². The SMILES string of the molecule is CC(=O)N1CCC(C(=O)N2CCC(n3nccn3)C2)CC1. The van der Waals surface area contributed by atoms with Crippen LogP contribution < -0.4 is 0 Å². The van der Waals surface area contributed by atoms with Gasteiger partial charge in [-0.05, 0) is 19.3 Å². The number of aromatic nitrogens is 3. The topological polar surface area (TPSA) is 71.3 Å². The highest BCUT2D eigenvalue weighted by Gasteiger charge is 2.34. The van der Waals surface area contributed by atoms with Gasteiger partial charge in [0.05, 0.1) is 18.4 Å². The predicted molar refractivity (Wildman–Crippen MR) is 75.2 cm³/mol. The van der Waals surface area contributed by atoms with Crippen LogP contribution in [0.25, 0.3) is 0 Å². The molecule has 0 aliphatic carbocycles. The normalized spacial score (nSPS) is 23.6. The number of likely N-dealkylation sites (tertiary alicyclic amines) is 2. The molecule has 1 atom stereocenters. The molecule has 0 N–H and O–H groups in total. The Balaban J connectivity index is 1.54. The molecule has 7 heteroatoms. The highest BCUT2D eigenvalue weighted by atomic mass is 16.2. The van der Waals surface area contributed by atoms with Gasteiger partial charge in [-0.15, -0.1) is 0 Å². The summed E-state index contributed by atoms with van der Waals surface area (Å²) in [5.41, 5.74) is 0. The summed E-state index contributed by atoms with van der Waals surface area (Å²) in [6, 6.07) is 0.196. The van der Waals surface area contributed by atoms with Gasteiger partial charge < -0.3 is 9.80 Å². The number of hydrogen-bond donors (Lipinski definition) is 0. The zero-order valence-electron chi connectivity index (χ0n) is 12.3. The average Bonchev–Trinajstić information content (AvgIpc) is 3.17. The molecule has 0 radical (unpaired) electrons. The minimum atomic E-state index is 0.0601. The Hall–Kier alpha value is -1.92. The van der Waals surface area contributed by atoms with Crippen LogP contribution in [0.5, 0.6) is 0 Å². The number of amides is 2. The van der Waals surface area contributed by atoms with Crippen LogP contribution in [0.4, 0.5) is 0 Å². The van der Waals surface area contributed by atoms with Crippen molar-refractivity contribution in [3.8, 4) is 0 Å². The van der Waals surface area contributed by atoms with Crippen LogP contribution >= 0.6 is 0 Å². The molecule has 2 amide bonds. The van der Waals surface area contributed by atoms with Gasteiger partial charge in [0, 0.05) is 39.0 Å². The van der Waals surface area contributed by atoms with Crippen molar-refractivity contribution in [2.75, 3.05) is 26.2 Å². The third kappa shape index (κ3) is 2.91.